The lowest BCUT2D eigenvalue weighted by atomic mass is 10.1. The number of carbonyl (C=O) groups is 2. The zero-order valence-electron chi connectivity index (χ0n) is 11.2. The van der Waals surface area contributed by atoms with E-state index >= 15 is 0 Å². The Bertz CT molecular complexity index is 552. The third kappa shape index (κ3) is 3.24. The fraction of sp³-hybridized carbons (Fsp3) is 0.429. The number of alkyl halides is 3. The van der Waals surface area contributed by atoms with Gasteiger partial charge in [0.25, 0.3) is 0 Å². The predicted octanol–water partition coefficient (Wildman–Crippen LogP) is 2.60. The first-order valence-electron chi connectivity index (χ1n) is 6.60. The minimum atomic E-state index is -4.58. The molecule has 1 fully saturated rings. The fourth-order valence-electron chi connectivity index (χ4n) is 2.35. The number of imide groups is 1. The average Bonchev–Trinajstić information content (AvgIpc) is 2.58. The summed E-state index contributed by atoms with van der Waals surface area (Å²) in [5.41, 5.74) is 4.28. The van der Waals surface area contributed by atoms with E-state index in [9.17, 15) is 22.8 Å². The molecule has 1 aromatic carbocycles. The minimum absolute atomic E-state index is 0.0450. The van der Waals surface area contributed by atoms with Crippen LogP contribution in [-0.4, -0.2) is 11.8 Å². The average molecular weight is 300 g/mol. The first kappa shape index (κ1) is 15.5. The topological polar surface area (TPSA) is 63.4 Å². The van der Waals surface area contributed by atoms with Crippen molar-refractivity contribution in [3.8, 4) is 0 Å². The van der Waals surface area contributed by atoms with Gasteiger partial charge in [-0.15, -0.1) is 0 Å². The molecule has 4 nitrogen and oxygen atoms in total. The molecule has 1 aliphatic rings. The molecule has 0 aromatic heterocycles. The van der Waals surface area contributed by atoms with Crippen LogP contribution in [0.4, 0.5) is 18.9 Å². The van der Waals surface area contributed by atoms with Gasteiger partial charge in [-0.05, 0) is 30.5 Å². The Labute approximate surface area is 119 Å². The molecule has 2 rings (SSSR count). The standard InChI is InChI=1S/C14H15F3N2O2/c15-14(16,17)11-7-10(6-5-9(11)8-18)19-12(20)3-1-2-4-13(19)21/h5-7H,1-4,8,18H2. The van der Waals surface area contributed by atoms with Crippen molar-refractivity contribution < 1.29 is 22.8 Å². The van der Waals surface area contributed by atoms with E-state index in [-0.39, 0.29) is 30.6 Å². The highest BCUT2D eigenvalue weighted by atomic mass is 19.4. The molecule has 0 unspecified atom stereocenters. The van der Waals surface area contributed by atoms with Gasteiger partial charge in [-0.1, -0.05) is 6.07 Å². The Morgan fingerprint density at radius 1 is 1.10 bits per heavy atom. The lowest BCUT2D eigenvalue weighted by molar-refractivity contribution is -0.138. The normalized spacial score (nSPS) is 17.0. The van der Waals surface area contributed by atoms with Gasteiger partial charge in [-0.3, -0.25) is 14.5 Å². The Morgan fingerprint density at radius 2 is 1.67 bits per heavy atom. The number of rotatable bonds is 2. The zero-order chi connectivity index (χ0) is 15.6. The third-order valence-corrected chi connectivity index (χ3v) is 3.41. The van der Waals surface area contributed by atoms with E-state index in [1.165, 1.54) is 12.1 Å². The number of amides is 2. The smallest absolute Gasteiger partial charge is 0.326 e. The van der Waals surface area contributed by atoms with Crippen LogP contribution in [0.25, 0.3) is 0 Å². The molecule has 2 amide bonds. The summed E-state index contributed by atoms with van der Waals surface area (Å²) in [6.45, 7) is -0.267. The van der Waals surface area contributed by atoms with E-state index in [0.29, 0.717) is 12.8 Å². The Balaban J connectivity index is 2.48. The highest BCUT2D eigenvalue weighted by Gasteiger charge is 2.35. The van der Waals surface area contributed by atoms with Gasteiger partial charge in [-0.25, -0.2) is 0 Å². The number of hydrogen-bond acceptors (Lipinski definition) is 3. The van der Waals surface area contributed by atoms with Gasteiger partial charge in [0.1, 0.15) is 0 Å². The molecular formula is C14H15F3N2O2. The van der Waals surface area contributed by atoms with E-state index in [1.54, 1.807) is 0 Å². The van der Waals surface area contributed by atoms with Gasteiger partial charge in [-0.2, -0.15) is 13.2 Å². The molecule has 0 spiro atoms. The van der Waals surface area contributed by atoms with Crippen LogP contribution in [0, 0.1) is 0 Å². The maximum Gasteiger partial charge on any atom is 0.416 e. The van der Waals surface area contributed by atoms with E-state index in [4.69, 9.17) is 5.73 Å². The second kappa shape index (κ2) is 5.85. The summed E-state index contributed by atoms with van der Waals surface area (Å²) in [6.07, 6.45) is -3.14. The van der Waals surface area contributed by atoms with E-state index in [0.717, 1.165) is 11.0 Å². The third-order valence-electron chi connectivity index (χ3n) is 3.41. The van der Waals surface area contributed by atoms with Crippen LogP contribution in [0.3, 0.4) is 0 Å². The molecule has 0 aliphatic carbocycles. The molecule has 21 heavy (non-hydrogen) atoms. The monoisotopic (exact) mass is 300 g/mol. The summed E-state index contributed by atoms with van der Waals surface area (Å²) < 4.78 is 39.0. The minimum Gasteiger partial charge on any atom is -0.326 e. The number of benzene rings is 1. The van der Waals surface area contributed by atoms with Crippen LogP contribution in [0.5, 0.6) is 0 Å². The van der Waals surface area contributed by atoms with Crippen LogP contribution in [0.1, 0.15) is 36.8 Å². The molecule has 1 heterocycles. The van der Waals surface area contributed by atoms with Crippen LogP contribution in [0.15, 0.2) is 18.2 Å². The number of nitrogens with zero attached hydrogens (tertiary/aromatic N) is 1. The molecule has 7 heteroatoms. The Hall–Kier alpha value is -1.89. The highest BCUT2D eigenvalue weighted by molar-refractivity contribution is 6.15. The van der Waals surface area contributed by atoms with Crippen molar-refractivity contribution >= 4 is 17.5 Å². The molecule has 0 atom stereocenters. The van der Waals surface area contributed by atoms with Crippen molar-refractivity contribution in [1.29, 1.82) is 0 Å². The Kier molecular flexibility index (Phi) is 4.32. The number of nitrogens with two attached hydrogens (primary N) is 1. The first-order chi connectivity index (χ1) is 9.84. The van der Waals surface area contributed by atoms with Crippen molar-refractivity contribution in [3.05, 3.63) is 29.3 Å². The van der Waals surface area contributed by atoms with Crippen molar-refractivity contribution in [1.82, 2.24) is 0 Å². The van der Waals surface area contributed by atoms with Gasteiger partial charge < -0.3 is 5.73 Å². The summed E-state index contributed by atoms with van der Waals surface area (Å²) in [7, 11) is 0. The summed E-state index contributed by atoms with van der Waals surface area (Å²) in [5.74, 6) is -0.933. The molecule has 1 saturated heterocycles. The SMILES string of the molecule is NCc1ccc(N2C(=O)CCCCC2=O)cc1C(F)(F)F. The highest BCUT2D eigenvalue weighted by Crippen LogP contribution is 2.35. The summed E-state index contributed by atoms with van der Waals surface area (Å²) in [4.78, 5) is 24.7. The van der Waals surface area contributed by atoms with Gasteiger partial charge in [0.2, 0.25) is 11.8 Å². The van der Waals surface area contributed by atoms with Crippen LogP contribution < -0.4 is 10.6 Å². The predicted molar refractivity (Wildman–Crippen MR) is 70.3 cm³/mol. The summed E-state index contributed by atoms with van der Waals surface area (Å²) in [6, 6.07) is 3.37. The summed E-state index contributed by atoms with van der Waals surface area (Å²) in [5, 5.41) is 0. The maximum absolute atomic E-state index is 13.0. The Morgan fingerprint density at radius 3 is 2.14 bits per heavy atom. The van der Waals surface area contributed by atoms with E-state index < -0.39 is 23.6 Å². The molecule has 0 saturated carbocycles. The van der Waals surface area contributed by atoms with Crippen LogP contribution in [-0.2, 0) is 22.3 Å². The summed E-state index contributed by atoms with van der Waals surface area (Å²) >= 11 is 0. The van der Waals surface area contributed by atoms with Gasteiger partial charge in [0, 0.05) is 19.4 Å². The number of hydrogen-bond donors (Lipinski definition) is 1. The van der Waals surface area contributed by atoms with Gasteiger partial charge in [0.15, 0.2) is 0 Å². The van der Waals surface area contributed by atoms with Crippen molar-refractivity contribution in [3.63, 3.8) is 0 Å². The number of halogens is 3. The van der Waals surface area contributed by atoms with Gasteiger partial charge >= 0.3 is 6.18 Å². The second-order valence-electron chi connectivity index (χ2n) is 4.87. The van der Waals surface area contributed by atoms with Crippen molar-refractivity contribution in [2.24, 2.45) is 5.73 Å². The second-order valence-corrected chi connectivity index (χ2v) is 4.87. The lowest BCUT2D eigenvalue weighted by Gasteiger charge is -2.21. The molecule has 1 aliphatic heterocycles. The van der Waals surface area contributed by atoms with Crippen LogP contribution >= 0.6 is 0 Å². The molecular weight excluding hydrogens is 285 g/mol. The molecule has 2 N–H and O–H groups in total. The van der Waals surface area contributed by atoms with Crippen molar-refractivity contribution in [2.75, 3.05) is 4.90 Å². The van der Waals surface area contributed by atoms with E-state index in [2.05, 4.69) is 0 Å². The fourth-order valence-corrected chi connectivity index (χ4v) is 2.35. The first-order valence-corrected chi connectivity index (χ1v) is 6.60. The number of carbonyl (C=O) groups excluding carboxylic acids is 2. The van der Waals surface area contributed by atoms with Crippen molar-refractivity contribution in [2.45, 2.75) is 38.4 Å². The largest absolute Gasteiger partial charge is 0.416 e. The van der Waals surface area contributed by atoms with Gasteiger partial charge in [0.05, 0.1) is 11.3 Å². The lowest BCUT2D eigenvalue weighted by Crippen LogP contribution is -2.35. The number of anilines is 1. The zero-order valence-corrected chi connectivity index (χ0v) is 11.2. The van der Waals surface area contributed by atoms with E-state index in [1.807, 2.05) is 0 Å². The maximum atomic E-state index is 13.0. The molecule has 114 valence electrons. The molecule has 1 aromatic rings. The quantitative estimate of drug-likeness (QED) is 0.854. The molecule has 0 radical (unpaired) electrons. The van der Waals surface area contributed by atoms with Crippen LogP contribution in [0.2, 0.25) is 0 Å². The molecule has 0 bridgehead atoms.